The first kappa shape index (κ1) is 19.5. The molecule has 1 aliphatic heterocycles. The maximum atomic E-state index is 13.0. The molecular formula is C26H19IO2S. The molecule has 2 unspecified atom stereocenters. The van der Waals surface area contributed by atoms with Gasteiger partial charge in [0.05, 0.1) is 5.92 Å². The van der Waals surface area contributed by atoms with Gasteiger partial charge in [0.2, 0.25) is 0 Å². The highest BCUT2D eigenvalue weighted by molar-refractivity contribution is 14.1. The SMILES string of the molecule is O=C1c2ccccc2S(c2ccc(OCc3ccc(I)cc3)cc2)=C2C=CC=CC12. The maximum Gasteiger partial charge on any atom is 0.175 e. The number of fused-ring (bicyclic) bond motifs is 2. The Balaban J connectivity index is 1.47. The van der Waals surface area contributed by atoms with E-state index >= 15 is 0 Å². The topological polar surface area (TPSA) is 26.3 Å². The zero-order valence-electron chi connectivity index (χ0n) is 16.1. The van der Waals surface area contributed by atoms with Crippen LogP contribution in [0.2, 0.25) is 0 Å². The largest absolute Gasteiger partial charge is 0.489 e. The third-order valence-corrected chi connectivity index (χ3v) is 8.37. The van der Waals surface area contributed by atoms with E-state index in [1.807, 2.05) is 48.6 Å². The molecule has 148 valence electrons. The van der Waals surface area contributed by atoms with Gasteiger partial charge in [0.1, 0.15) is 12.4 Å². The highest BCUT2D eigenvalue weighted by atomic mass is 127. The Morgan fingerprint density at radius 2 is 1.67 bits per heavy atom. The van der Waals surface area contributed by atoms with Crippen LogP contribution < -0.4 is 4.74 Å². The molecule has 0 radical (unpaired) electrons. The molecule has 0 spiro atoms. The van der Waals surface area contributed by atoms with Crippen molar-refractivity contribution in [2.24, 2.45) is 5.92 Å². The van der Waals surface area contributed by atoms with Gasteiger partial charge in [-0.2, -0.15) is 0 Å². The number of Topliss-reactive ketones (excluding diaryl/α,β-unsaturated/α-hetero) is 1. The normalized spacial score (nSPS) is 19.4. The fourth-order valence-corrected chi connectivity index (χ4v) is 6.57. The van der Waals surface area contributed by atoms with Crippen LogP contribution in [-0.2, 0) is 6.61 Å². The number of carbonyl (C=O) groups excluding carboxylic acids is 1. The Labute approximate surface area is 192 Å². The Kier molecular flexibility index (Phi) is 5.44. The second-order valence-electron chi connectivity index (χ2n) is 7.18. The van der Waals surface area contributed by atoms with Crippen molar-refractivity contribution in [3.63, 3.8) is 0 Å². The highest BCUT2D eigenvalue weighted by Gasteiger charge is 2.32. The van der Waals surface area contributed by atoms with Crippen molar-refractivity contribution in [1.29, 1.82) is 0 Å². The van der Waals surface area contributed by atoms with Crippen LogP contribution in [0.1, 0.15) is 15.9 Å². The van der Waals surface area contributed by atoms with Crippen molar-refractivity contribution in [1.82, 2.24) is 0 Å². The van der Waals surface area contributed by atoms with E-state index in [1.54, 1.807) is 0 Å². The lowest BCUT2D eigenvalue weighted by atomic mass is 9.91. The van der Waals surface area contributed by atoms with Gasteiger partial charge in [-0.1, -0.05) is 54.6 Å². The summed E-state index contributed by atoms with van der Waals surface area (Å²) in [5, 5.41) is 0. The molecule has 2 nitrogen and oxygen atoms in total. The summed E-state index contributed by atoms with van der Waals surface area (Å²) in [7, 11) is -0.270. The second kappa shape index (κ2) is 8.36. The van der Waals surface area contributed by atoms with Gasteiger partial charge >= 0.3 is 0 Å². The summed E-state index contributed by atoms with van der Waals surface area (Å²) < 4.78 is 7.20. The van der Waals surface area contributed by atoms with Gasteiger partial charge < -0.3 is 4.74 Å². The molecule has 0 aromatic heterocycles. The number of rotatable bonds is 4. The van der Waals surface area contributed by atoms with Gasteiger partial charge in [-0.3, -0.25) is 4.79 Å². The first-order valence-corrected chi connectivity index (χ1v) is 12.1. The van der Waals surface area contributed by atoms with Crippen molar-refractivity contribution in [3.8, 4) is 5.75 Å². The molecule has 1 heterocycles. The standard InChI is InChI=1S/C26H19IO2S/c27-19-11-9-18(10-12-19)17-29-20-13-15-21(16-14-20)30-24-7-3-1-5-22(24)26(28)23-6-2-4-8-25(23)30/h1-16,22H,17H2. The lowest BCUT2D eigenvalue weighted by Crippen LogP contribution is -2.27. The summed E-state index contributed by atoms with van der Waals surface area (Å²) in [5.74, 6) is 0.885. The predicted molar refractivity (Wildman–Crippen MR) is 132 cm³/mol. The van der Waals surface area contributed by atoms with E-state index in [0.29, 0.717) is 6.61 Å². The van der Waals surface area contributed by atoms with Crippen LogP contribution in [0.3, 0.4) is 0 Å². The molecule has 0 saturated heterocycles. The molecule has 0 fully saturated rings. The van der Waals surface area contributed by atoms with Gasteiger partial charge in [-0.25, -0.2) is 0 Å². The minimum Gasteiger partial charge on any atom is -0.489 e. The molecule has 1 aliphatic carbocycles. The van der Waals surface area contributed by atoms with E-state index in [-0.39, 0.29) is 22.2 Å². The molecule has 0 saturated carbocycles. The van der Waals surface area contributed by atoms with Crippen molar-refractivity contribution in [2.45, 2.75) is 16.4 Å². The van der Waals surface area contributed by atoms with E-state index in [2.05, 4.69) is 71.1 Å². The van der Waals surface area contributed by atoms with E-state index < -0.39 is 0 Å². The van der Waals surface area contributed by atoms with Crippen LogP contribution in [0.25, 0.3) is 0 Å². The minimum absolute atomic E-state index is 0.162. The molecule has 4 heteroatoms. The van der Waals surface area contributed by atoms with Crippen molar-refractivity contribution < 1.29 is 9.53 Å². The van der Waals surface area contributed by atoms with Gasteiger partial charge in [0.25, 0.3) is 0 Å². The molecule has 3 aromatic carbocycles. The van der Waals surface area contributed by atoms with E-state index in [0.717, 1.165) is 21.8 Å². The quantitative estimate of drug-likeness (QED) is 0.283. The fourth-order valence-electron chi connectivity index (χ4n) is 3.76. The Morgan fingerprint density at radius 1 is 0.900 bits per heavy atom. The minimum atomic E-state index is -0.270. The Morgan fingerprint density at radius 3 is 2.47 bits per heavy atom. The number of allylic oxidation sites excluding steroid dienone is 4. The zero-order chi connectivity index (χ0) is 20.5. The van der Waals surface area contributed by atoms with Crippen LogP contribution in [-0.4, -0.2) is 10.6 Å². The zero-order valence-corrected chi connectivity index (χ0v) is 19.1. The van der Waals surface area contributed by atoms with Crippen LogP contribution in [0.4, 0.5) is 0 Å². The number of halogens is 1. The van der Waals surface area contributed by atoms with Gasteiger partial charge in [-0.05, 0) is 75.5 Å². The average molecular weight is 522 g/mol. The lowest BCUT2D eigenvalue weighted by Gasteiger charge is -2.28. The third-order valence-electron chi connectivity index (χ3n) is 5.25. The van der Waals surface area contributed by atoms with E-state index in [9.17, 15) is 4.79 Å². The second-order valence-corrected chi connectivity index (χ2v) is 10.4. The van der Waals surface area contributed by atoms with Crippen molar-refractivity contribution in [3.05, 3.63) is 112 Å². The molecule has 5 rings (SSSR count). The van der Waals surface area contributed by atoms with Crippen LogP contribution in [0, 0.1) is 9.49 Å². The molecule has 0 amide bonds. The van der Waals surface area contributed by atoms with Crippen molar-refractivity contribution in [2.75, 3.05) is 0 Å². The van der Waals surface area contributed by atoms with Crippen LogP contribution >= 0.6 is 33.1 Å². The van der Waals surface area contributed by atoms with Gasteiger partial charge in [0, 0.05) is 18.9 Å². The first-order valence-electron chi connectivity index (χ1n) is 9.77. The number of ether oxygens (including phenoxy) is 1. The molecule has 30 heavy (non-hydrogen) atoms. The average Bonchev–Trinajstić information content (AvgIpc) is 2.80. The van der Waals surface area contributed by atoms with Crippen LogP contribution in [0.5, 0.6) is 5.75 Å². The Hall–Kier alpha value is -2.44. The number of benzene rings is 3. The highest BCUT2D eigenvalue weighted by Crippen LogP contribution is 2.46. The van der Waals surface area contributed by atoms with Gasteiger partial charge in [-0.15, -0.1) is 10.5 Å². The molecular weight excluding hydrogens is 503 g/mol. The first-order chi connectivity index (χ1) is 14.7. The van der Waals surface area contributed by atoms with E-state index in [1.165, 1.54) is 13.3 Å². The van der Waals surface area contributed by atoms with Crippen LogP contribution in [0.15, 0.2) is 107 Å². The Bertz CT molecular complexity index is 1200. The summed E-state index contributed by atoms with van der Waals surface area (Å²) in [5.41, 5.74) is 1.99. The molecule has 3 aromatic rings. The number of ketones is 1. The van der Waals surface area contributed by atoms with Gasteiger partial charge in [0.15, 0.2) is 5.78 Å². The molecule has 2 aliphatic rings. The molecule has 2 atom stereocenters. The van der Waals surface area contributed by atoms with E-state index in [4.69, 9.17) is 4.74 Å². The maximum absolute atomic E-state index is 13.0. The smallest absolute Gasteiger partial charge is 0.175 e. The number of hydrogen-bond donors (Lipinski definition) is 0. The molecule has 0 N–H and O–H groups in total. The fraction of sp³-hybridized carbons (Fsp3) is 0.0769. The van der Waals surface area contributed by atoms with Crippen molar-refractivity contribution >= 4 is 43.7 Å². The monoisotopic (exact) mass is 522 g/mol. The summed E-state index contributed by atoms with van der Waals surface area (Å²) in [4.78, 5) is 16.5. The summed E-state index contributed by atoms with van der Waals surface area (Å²) in [6, 6.07) is 24.7. The molecule has 0 bridgehead atoms. The predicted octanol–water partition coefficient (Wildman–Crippen LogP) is 6.67. The summed E-state index contributed by atoms with van der Waals surface area (Å²) in [6.07, 6.45) is 8.14. The third kappa shape index (κ3) is 3.70. The number of hydrogen-bond acceptors (Lipinski definition) is 2. The number of carbonyl (C=O) groups is 1. The lowest BCUT2D eigenvalue weighted by molar-refractivity contribution is 0.0969. The summed E-state index contributed by atoms with van der Waals surface area (Å²) in [6.45, 7) is 0.548. The summed E-state index contributed by atoms with van der Waals surface area (Å²) >= 11 is 2.30.